The van der Waals surface area contributed by atoms with Gasteiger partial charge in [0.25, 0.3) is 0 Å². The third-order valence-corrected chi connectivity index (χ3v) is 3.28. The van der Waals surface area contributed by atoms with E-state index in [-0.39, 0.29) is 24.8 Å². The third-order valence-electron chi connectivity index (χ3n) is 3.28. The molecule has 0 radical (unpaired) electrons. The van der Waals surface area contributed by atoms with Gasteiger partial charge in [0.05, 0.1) is 11.4 Å². The summed E-state index contributed by atoms with van der Waals surface area (Å²) in [5.74, 6) is 0. The molecule has 0 atom stereocenters. The minimum atomic E-state index is 0. The molecule has 0 unspecified atom stereocenters. The van der Waals surface area contributed by atoms with Crippen LogP contribution in [0.25, 0.3) is 0 Å². The van der Waals surface area contributed by atoms with E-state index in [1.807, 2.05) is 12.1 Å². The molecular weight excluding hydrogens is 303 g/mol. The Hall–Kier alpha value is -1.38. The number of nitrogens with two attached hydrogens (primary N) is 1. The Morgan fingerprint density at radius 3 is 2.10 bits per heavy atom. The van der Waals surface area contributed by atoms with Crippen molar-refractivity contribution in [2.45, 2.75) is 19.8 Å². The van der Waals surface area contributed by atoms with Crippen molar-refractivity contribution in [3.05, 3.63) is 60.2 Å². The summed E-state index contributed by atoms with van der Waals surface area (Å²) in [6.07, 6.45) is 2.18. The van der Waals surface area contributed by atoms with Gasteiger partial charge in [-0.25, -0.2) is 0 Å². The Kier molecular flexibility index (Phi) is 9.68. The summed E-state index contributed by atoms with van der Waals surface area (Å²) in [5, 5.41) is 0. The van der Waals surface area contributed by atoms with Crippen molar-refractivity contribution in [2.24, 2.45) is 0 Å². The smallest absolute Gasteiger partial charge is 0.0600 e. The molecule has 0 amide bonds. The van der Waals surface area contributed by atoms with Crippen LogP contribution in [-0.4, -0.2) is 13.1 Å². The van der Waals surface area contributed by atoms with Crippen LogP contribution in [0.2, 0.25) is 0 Å². The van der Waals surface area contributed by atoms with Gasteiger partial charge in [-0.3, -0.25) is 0 Å². The lowest BCUT2D eigenvalue weighted by Crippen LogP contribution is -2.27. The molecule has 0 fully saturated rings. The number of para-hydroxylation sites is 2. The molecule has 0 aliphatic carbocycles. The van der Waals surface area contributed by atoms with E-state index in [1.54, 1.807) is 0 Å². The van der Waals surface area contributed by atoms with Crippen LogP contribution >= 0.6 is 24.8 Å². The maximum Gasteiger partial charge on any atom is 0.0600 e. The predicted octanol–water partition coefficient (Wildman–Crippen LogP) is 4.57. The SMILES string of the molecule is CCCN(CCc1ccccc1)c1ccccc1N.Cl.Cl. The van der Waals surface area contributed by atoms with Crippen LogP contribution in [0, 0.1) is 0 Å². The van der Waals surface area contributed by atoms with Crippen molar-refractivity contribution in [1.29, 1.82) is 0 Å². The molecular formula is C17H24Cl2N2. The average molecular weight is 327 g/mol. The Bertz CT molecular complexity index is 503. The minimum absolute atomic E-state index is 0. The fourth-order valence-corrected chi connectivity index (χ4v) is 2.31. The molecule has 2 nitrogen and oxygen atoms in total. The van der Waals surface area contributed by atoms with Crippen LogP contribution in [-0.2, 0) is 6.42 Å². The number of benzene rings is 2. The topological polar surface area (TPSA) is 29.3 Å². The summed E-state index contributed by atoms with van der Waals surface area (Å²) in [4.78, 5) is 2.38. The second kappa shape index (κ2) is 10.4. The summed E-state index contributed by atoms with van der Waals surface area (Å²) in [7, 11) is 0. The van der Waals surface area contributed by atoms with Gasteiger partial charge >= 0.3 is 0 Å². The first-order valence-electron chi connectivity index (χ1n) is 6.94. The Morgan fingerprint density at radius 2 is 1.48 bits per heavy atom. The molecule has 2 aromatic carbocycles. The fraction of sp³-hybridized carbons (Fsp3) is 0.294. The van der Waals surface area contributed by atoms with Gasteiger partial charge < -0.3 is 10.6 Å². The number of hydrogen-bond acceptors (Lipinski definition) is 2. The molecule has 4 heteroatoms. The maximum atomic E-state index is 6.08. The average Bonchev–Trinajstić information content (AvgIpc) is 2.45. The minimum Gasteiger partial charge on any atom is -0.397 e. The zero-order valence-electron chi connectivity index (χ0n) is 12.4. The van der Waals surface area contributed by atoms with Crippen LogP contribution in [0.3, 0.4) is 0 Å². The van der Waals surface area contributed by atoms with Gasteiger partial charge in [-0.15, -0.1) is 24.8 Å². The van der Waals surface area contributed by atoms with Crippen molar-refractivity contribution in [3.8, 4) is 0 Å². The van der Waals surface area contributed by atoms with E-state index in [1.165, 1.54) is 5.56 Å². The van der Waals surface area contributed by atoms with Crippen molar-refractivity contribution in [3.63, 3.8) is 0 Å². The highest BCUT2D eigenvalue weighted by Crippen LogP contribution is 2.22. The zero-order chi connectivity index (χ0) is 13.5. The molecule has 2 rings (SSSR count). The zero-order valence-corrected chi connectivity index (χ0v) is 14.0. The van der Waals surface area contributed by atoms with Gasteiger partial charge in [0.15, 0.2) is 0 Å². The third kappa shape index (κ3) is 5.86. The van der Waals surface area contributed by atoms with Crippen molar-refractivity contribution in [2.75, 3.05) is 23.7 Å². The van der Waals surface area contributed by atoms with E-state index in [0.29, 0.717) is 0 Å². The predicted molar refractivity (Wildman–Crippen MR) is 98.0 cm³/mol. The number of nitrogens with zero attached hydrogens (tertiary/aromatic N) is 1. The number of hydrogen-bond donors (Lipinski definition) is 1. The summed E-state index contributed by atoms with van der Waals surface area (Å²) in [5.41, 5.74) is 9.47. The Balaban J connectivity index is 0.00000200. The first-order valence-corrected chi connectivity index (χ1v) is 6.94. The Labute approximate surface area is 140 Å². The molecule has 0 heterocycles. The quantitative estimate of drug-likeness (QED) is 0.788. The molecule has 2 aromatic rings. The van der Waals surface area contributed by atoms with Gasteiger partial charge in [0.2, 0.25) is 0 Å². The van der Waals surface area contributed by atoms with E-state index in [0.717, 1.165) is 37.3 Å². The van der Waals surface area contributed by atoms with E-state index in [2.05, 4.69) is 54.3 Å². The van der Waals surface area contributed by atoms with Gasteiger partial charge in [0, 0.05) is 13.1 Å². The maximum absolute atomic E-state index is 6.08. The van der Waals surface area contributed by atoms with Crippen molar-refractivity contribution in [1.82, 2.24) is 0 Å². The lowest BCUT2D eigenvalue weighted by molar-refractivity contribution is 0.757. The largest absolute Gasteiger partial charge is 0.397 e. The summed E-state index contributed by atoms with van der Waals surface area (Å²) >= 11 is 0. The normalized spacial score (nSPS) is 9.38. The van der Waals surface area contributed by atoms with Crippen LogP contribution in [0.5, 0.6) is 0 Å². The van der Waals surface area contributed by atoms with E-state index >= 15 is 0 Å². The van der Waals surface area contributed by atoms with Gasteiger partial charge in [-0.2, -0.15) is 0 Å². The molecule has 0 spiro atoms. The highest BCUT2D eigenvalue weighted by molar-refractivity contribution is 5.85. The summed E-state index contributed by atoms with van der Waals surface area (Å²) < 4.78 is 0. The molecule has 0 aliphatic rings. The monoisotopic (exact) mass is 326 g/mol. The van der Waals surface area contributed by atoms with Gasteiger partial charge in [-0.1, -0.05) is 49.4 Å². The van der Waals surface area contributed by atoms with Crippen LogP contribution in [0.1, 0.15) is 18.9 Å². The summed E-state index contributed by atoms with van der Waals surface area (Å²) in [6, 6.07) is 18.7. The number of nitrogen functional groups attached to an aromatic ring is 1. The molecule has 0 saturated carbocycles. The first-order chi connectivity index (χ1) is 9.31. The molecule has 0 aliphatic heterocycles. The lowest BCUT2D eigenvalue weighted by Gasteiger charge is -2.25. The molecule has 116 valence electrons. The molecule has 0 saturated heterocycles. The fourth-order valence-electron chi connectivity index (χ4n) is 2.31. The molecule has 2 N–H and O–H groups in total. The molecule has 21 heavy (non-hydrogen) atoms. The van der Waals surface area contributed by atoms with E-state index in [4.69, 9.17) is 5.73 Å². The van der Waals surface area contributed by atoms with E-state index < -0.39 is 0 Å². The Morgan fingerprint density at radius 1 is 0.857 bits per heavy atom. The summed E-state index contributed by atoms with van der Waals surface area (Å²) in [6.45, 7) is 4.25. The van der Waals surface area contributed by atoms with Crippen LogP contribution < -0.4 is 10.6 Å². The van der Waals surface area contributed by atoms with Crippen LogP contribution in [0.4, 0.5) is 11.4 Å². The standard InChI is InChI=1S/C17H22N2.2ClH/c1-2-13-19(17-11-7-6-10-16(17)18)14-12-15-8-4-3-5-9-15;;/h3-11H,2,12-14,18H2,1H3;2*1H. The molecule has 0 bridgehead atoms. The second-order valence-corrected chi connectivity index (χ2v) is 4.78. The number of rotatable bonds is 6. The van der Waals surface area contributed by atoms with E-state index in [9.17, 15) is 0 Å². The van der Waals surface area contributed by atoms with Gasteiger partial charge in [-0.05, 0) is 30.5 Å². The number of halogens is 2. The lowest BCUT2D eigenvalue weighted by atomic mass is 10.1. The van der Waals surface area contributed by atoms with Gasteiger partial charge in [0.1, 0.15) is 0 Å². The second-order valence-electron chi connectivity index (χ2n) is 4.78. The van der Waals surface area contributed by atoms with Crippen molar-refractivity contribution >= 4 is 36.2 Å². The highest BCUT2D eigenvalue weighted by atomic mass is 35.5. The van der Waals surface area contributed by atoms with Crippen LogP contribution in [0.15, 0.2) is 54.6 Å². The highest BCUT2D eigenvalue weighted by Gasteiger charge is 2.08. The molecule has 0 aromatic heterocycles. The first kappa shape index (κ1) is 19.6. The number of anilines is 2. The van der Waals surface area contributed by atoms with Crippen molar-refractivity contribution < 1.29 is 0 Å².